The van der Waals surface area contributed by atoms with E-state index < -0.39 is 80.6 Å². The van der Waals surface area contributed by atoms with Gasteiger partial charge < -0.3 is 67.2 Å². The molecule has 0 saturated carbocycles. The smallest absolute Gasteiger partial charge is 0.253 e. The zero-order chi connectivity index (χ0) is 44.7. The molecule has 0 bridgehead atoms. The van der Waals surface area contributed by atoms with Crippen LogP contribution in [0.2, 0.25) is 0 Å². The maximum Gasteiger partial charge on any atom is 0.253 e. The third-order valence-corrected chi connectivity index (χ3v) is 14.3. The molecule has 2 aromatic rings. The molecule has 0 saturated heterocycles. The Morgan fingerprint density at radius 1 is 0.559 bits per heavy atom. The summed E-state index contributed by atoms with van der Waals surface area (Å²) in [5, 5.41) is 79.3. The topological polar surface area (TPSA) is 311 Å². The summed E-state index contributed by atoms with van der Waals surface area (Å²) >= 11 is 11.0. The van der Waals surface area contributed by atoms with Crippen molar-refractivity contribution in [1.29, 1.82) is 0 Å². The number of aliphatic hydroxyl groups is 7. The minimum absolute atomic E-state index is 0.0340. The number of benzene rings is 2. The largest absolute Gasteiger partial charge is 0.395 e. The number of nitrogens with zero attached hydrogens (tertiary/aromatic N) is 2. The lowest BCUT2D eigenvalue weighted by Crippen LogP contribution is -2.44. The van der Waals surface area contributed by atoms with Crippen LogP contribution in [0.25, 0.3) is 0 Å². The molecule has 0 heterocycles. The molecule has 0 aliphatic rings. The zero-order valence-corrected chi connectivity index (χ0v) is 43.8. The number of aliphatic hydroxyl groups excluding tert-OH is 7. The molecule has 0 aliphatic heterocycles. The van der Waals surface area contributed by atoms with Gasteiger partial charge in [-0.1, -0.05) is 0 Å². The van der Waals surface area contributed by atoms with Crippen LogP contribution >= 0.6 is 136 Å². The third-order valence-electron chi connectivity index (χ3n) is 7.85. The van der Waals surface area contributed by atoms with Gasteiger partial charge in [0.2, 0.25) is 11.8 Å². The van der Waals surface area contributed by atoms with Crippen molar-refractivity contribution in [3.8, 4) is 0 Å². The monoisotopic (exact) mass is 1500 g/mol. The van der Waals surface area contributed by atoms with Gasteiger partial charge in [0, 0.05) is 46.9 Å². The standard InChI is InChI=1S/C33H41I6N7O13/c1-45(29-26(38)20(30(56)40-2-5-47)23(35)21(27(29)39)31(57)41-3-6-48)17(55)11-46(4-7-49)10-16(54)44-28-24(36)18(32(58)42-8-14(52)12-50)22(34)19(25(28)37)33(59)43-9-15(53)13-51/h14-15,47-53H,2-13H2,1H3,(H,40,56)(H,41,57)(H,42,58)(H,43,59)(H,44,54). The molecule has 0 aromatic heterocycles. The van der Waals surface area contributed by atoms with Gasteiger partial charge in [0.05, 0.1) is 106 Å². The Kier molecular flexibility index (Phi) is 24.8. The quantitative estimate of drug-likeness (QED) is 0.0619. The van der Waals surface area contributed by atoms with E-state index in [1.807, 2.05) is 113 Å². The van der Waals surface area contributed by atoms with Crippen LogP contribution in [-0.4, -0.2) is 174 Å². The highest BCUT2D eigenvalue weighted by Gasteiger charge is 2.33. The van der Waals surface area contributed by atoms with Gasteiger partial charge in [0.25, 0.3) is 23.6 Å². The van der Waals surface area contributed by atoms with Crippen molar-refractivity contribution in [3.63, 3.8) is 0 Å². The van der Waals surface area contributed by atoms with Crippen molar-refractivity contribution in [2.75, 3.05) is 96.1 Å². The van der Waals surface area contributed by atoms with Crippen LogP contribution in [0.1, 0.15) is 41.4 Å². The van der Waals surface area contributed by atoms with Crippen molar-refractivity contribution in [2.45, 2.75) is 12.2 Å². The summed E-state index contributed by atoms with van der Waals surface area (Å²) in [6, 6.07) is 0. The summed E-state index contributed by atoms with van der Waals surface area (Å²) in [5.41, 5.74) is 0.233. The molecule has 20 nitrogen and oxygen atoms in total. The van der Waals surface area contributed by atoms with Crippen molar-refractivity contribution >= 4 is 182 Å². The Bertz CT molecular complexity index is 1790. The van der Waals surface area contributed by atoms with Crippen LogP contribution in [0.3, 0.4) is 0 Å². The van der Waals surface area contributed by atoms with Crippen LogP contribution in [-0.2, 0) is 9.59 Å². The highest BCUT2D eigenvalue weighted by molar-refractivity contribution is 14.1. The fourth-order valence-corrected chi connectivity index (χ4v) is 14.2. The summed E-state index contributed by atoms with van der Waals surface area (Å²) in [5.74, 6) is -4.07. The van der Waals surface area contributed by atoms with Gasteiger partial charge in [0.1, 0.15) is 0 Å². The molecule has 6 amide bonds. The lowest BCUT2D eigenvalue weighted by Gasteiger charge is -2.28. The number of likely N-dealkylation sites (N-methyl/N-ethyl adjacent to an activating group) is 1. The molecule has 328 valence electrons. The van der Waals surface area contributed by atoms with Crippen molar-refractivity contribution in [1.82, 2.24) is 26.2 Å². The average molecular weight is 1510 g/mol. The van der Waals surface area contributed by atoms with E-state index in [4.69, 9.17) is 0 Å². The van der Waals surface area contributed by atoms with Gasteiger partial charge in [0.15, 0.2) is 0 Å². The third kappa shape index (κ3) is 15.0. The second-order valence-corrected chi connectivity index (χ2v) is 18.6. The number of hydrogen-bond acceptors (Lipinski definition) is 14. The predicted molar refractivity (Wildman–Crippen MR) is 264 cm³/mol. The number of hydrogen-bond donors (Lipinski definition) is 12. The van der Waals surface area contributed by atoms with E-state index >= 15 is 0 Å². The van der Waals surface area contributed by atoms with Gasteiger partial charge in [-0.15, -0.1) is 0 Å². The maximum atomic E-state index is 13.9. The van der Waals surface area contributed by atoms with Gasteiger partial charge in [-0.25, -0.2) is 0 Å². The number of anilines is 2. The molecule has 12 N–H and O–H groups in total. The molecule has 0 aliphatic carbocycles. The first-order chi connectivity index (χ1) is 27.8. The highest BCUT2D eigenvalue weighted by Crippen LogP contribution is 2.38. The van der Waals surface area contributed by atoms with Crippen LogP contribution < -0.4 is 31.5 Å². The molecule has 0 spiro atoms. The Hall–Kier alpha value is -0.680. The highest BCUT2D eigenvalue weighted by atomic mass is 127. The summed E-state index contributed by atoms with van der Waals surface area (Å²) in [7, 11) is 1.41. The molecule has 0 fully saturated rings. The fraction of sp³-hybridized carbons (Fsp3) is 0.455. The molecule has 0 radical (unpaired) electrons. The van der Waals surface area contributed by atoms with E-state index in [0.29, 0.717) is 7.14 Å². The number of halogens is 6. The van der Waals surface area contributed by atoms with Crippen LogP contribution in [0.5, 0.6) is 0 Å². The first kappa shape index (κ1) is 54.5. The Morgan fingerprint density at radius 3 is 1.32 bits per heavy atom. The van der Waals surface area contributed by atoms with E-state index in [2.05, 4.69) is 26.6 Å². The number of rotatable bonds is 22. The lowest BCUT2D eigenvalue weighted by molar-refractivity contribution is -0.121. The van der Waals surface area contributed by atoms with Gasteiger partial charge in [-0.2, -0.15) is 0 Å². The molecule has 2 aromatic carbocycles. The lowest BCUT2D eigenvalue weighted by atomic mass is 10.1. The molecular formula is C33H41I6N7O13. The van der Waals surface area contributed by atoms with Gasteiger partial charge in [-0.05, 0) is 136 Å². The van der Waals surface area contributed by atoms with Gasteiger partial charge >= 0.3 is 0 Å². The maximum absolute atomic E-state index is 13.9. The summed E-state index contributed by atoms with van der Waals surface area (Å²) in [4.78, 5) is 83.6. The molecule has 2 rings (SSSR count). The first-order valence-electron chi connectivity index (χ1n) is 17.1. The fourth-order valence-electron chi connectivity index (χ4n) is 4.92. The SMILES string of the molecule is CN(C(=O)CN(CCO)CC(=O)Nc1c(I)c(C(=O)NCC(O)CO)c(I)c(C(=O)NCC(O)CO)c1I)c1c(I)c(C(=O)NCCO)c(I)c(C(=O)NCCO)c1I. The minimum Gasteiger partial charge on any atom is -0.395 e. The van der Waals surface area contributed by atoms with E-state index in [9.17, 15) is 64.5 Å². The number of carbonyl (C=O) groups excluding carboxylic acids is 6. The van der Waals surface area contributed by atoms with Crippen LogP contribution in [0.15, 0.2) is 0 Å². The van der Waals surface area contributed by atoms with Gasteiger partial charge in [-0.3, -0.25) is 33.7 Å². The molecule has 2 atom stereocenters. The van der Waals surface area contributed by atoms with E-state index in [1.54, 1.807) is 22.6 Å². The number of nitrogens with one attached hydrogen (secondary N) is 5. The second-order valence-electron chi connectivity index (χ2n) is 12.1. The van der Waals surface area contributed by atoms with E-state index in [0.717, 1.165) is 0 Å². The molecule has 26 heteroatoms. The number of amides is 6. The van der Waals surface area contributed by atoms with Crippen molar-refractivity contribution in [3.05, 3.63) is 43.7 Å². The summed E-state index contributed by atoms with van der Waals surface area (Å²) in [6.45, 7) is -4.41. The van der Waals surface area contributed by atoms with Crippen molar-refractivity contribution in [2.24, 2.45) is 0 Å². The predicted octanol–water partition coefficient (Wildman–Crippen LogP) is -1.18. The van der Waals surface area contributed by atoms with Crippen molar-refractivity contribution < 1.29 is 64.5 Å². The summed E-state index contributed by atoms with van der Waals surface area (Å²) in [6.07, 6.45) is -2.57. The van der Waals surface area contributed by atoms with Crippen LogP contribution in [0, 0.1) is 21.4 Å². The van der Waals surface area contributed by atoms with E-state index in [1.165, 1.54) is 16.8 Å². The van der Waals surface area contributed by atoms with Crippen LogP contribution in [0.4, 0.5) is 11.4 Å². The molecule has 59 heavy (non-hydrogen) atoms. The Morgan fingerprint density at radius 2 is 0.949 bits per heavy atom. The zero-order valence-electron chi connectivity index (χ0n) is 30.9. The number of carbonyl (C=O) groups is 6. The Labute approximate surface area is 420 Å². The molecule has 2 unspecified atom stereocenters. The summed E-state index contributed by atoms with van der Waals surface area (Å²) < 4.78 is 1.40. The first-order valence-corrected chi connectivity index (χ1v) is 23.5. The molecular weight excluding hydrogens is 1460 g/mol. The Balaban J connectivity index is 2.57. The normalized spacial score (nSPS) is 12.1. The average Bonchev–Trinajstić information content (AvgIpc) is 3.18. The minimum atomic E-state index is -1.28. The van der Waals surface area contributed by atoms with E-state index in [-0.39, 0.29) is 93.8 Å². The second kappa shape index (κ2) is 26.8.